The number of hydrogen-bond acceptors (Lipinski definition) is 2. The van der Waals surface area contributed by atoms with E-state index in [1.807, 2.05) is 0 Å². The molecule has 1 unspecified atom stereocenters. The maximum atomic E-state index is 12.9. The molecule has 0 aromatic heterocycles. The molecule has 86 valence electrons. The number of ketones is 2. The molecule has 0 saturated heterocycles. The van der Waals surface area contributed by atoms with Gasteiger partial charge in [0.2, 0.25) is 0 Å². The van der Waals surface area contributed by atoms with Gasteiger partial charge in [0.25, 0.3) is 0 Å². The summed E-state index contributed by atoms with van der Waals surface area (Å²) in [5, 5.41) is 0. The zero-order valence-electron chi connectivity index (χ0n) is 9.09. The third-order valence-corrected chi connectivity index (χ3v) is 2.25. The molecule has 1 atom stereocenters. The average Bonchev–Trinajstić information content (AvgIpc) is 2.20. The predicted octanol–water partition coefficient (Wildman–Crippen LogP) is 2.76. The quantitative estimate of drug-likeness (QED) is 0.740. The number of benzene rings is 1. The molecule has 2 nitrogen and oxygen atoms in total. The first kappa shape index (κ1) is 12.5. The van der Waals surface area contributed by atoms with Crippen molar-refractivity contribution in [2.45, 2.75) is 20.3 Å². The van der Waals surface area contributed by atoms with Crippen LogP contribution in [0.2, 0.25) is 0 Å². The molecule has 1 rings (SSSR count). The van der Waals surface area contributed by atoms with E-state index in [-0.39, 0.29) is 23.6 Å². The minimum absolute atomic E-state index is 0.0904. The zero-order valence-corrected chi connectivity index (χ0v) is 9.09. The molecule has 0 amide bonds. The van der Waals surface area contributed by atoms with E-state index < -0.39 is 17.6 Å². The van der Waals surface area contributed by atoms with Gasteiger partial charge < -0.3 is 4.79 Å². The lowest BCUT2D eigenvalue weighted by molar-refractivity contribution is -0.117. The molecule has 0 heterocycles. The SMILES string of the molecule is CC(=O)CC(C)C(=O)c1ccc(F)c(F)c1. The molecular weight excluding hydrogens is 214 g/mol. The van der Waals surface area contributed by atoms with Crippen LogP contribution in [0.5, 0.6) is 0 Å². The number of Topliss-reactive ketones (excluding diaryl/α,β-unsaturated/α-hetero) is 2. The van der Waals surface area contributed by atoms with Gasteiger partial charge in [-0.05, 0) is 25.1 Å². The van der Waals surface area contributed by atoms with Crippen molar-refractivity contribution < 1.29 is 18.4 Å². The van der Waals surface area contributed by atoms with Crippen LogP contribution < -0.4 is 0 Å². The van der Waals surface area contributed by atoms with Gasteiger partial charge in [-0.15, -0.1) is 0 Å². The van der Waals surface area contributed by atoms with Gasteiger partial charge in [-0.25, -0.2) is 8.78 Å². The first-order valence-electron chi connectivity index (χ1n) is 4.90. The van der Waals surface area contributed by atoms with Crippen LogP contribution in [0.25, 0.3) is 0 Å². The highest BCUT2D eigenvalue weighted by molar-refractivity contribution is 5.99. The van der Waals surface area contributed by atoms with E-state index in [1.165, 1.54) is 13.0 Å². The number of halogens is 2. The molecule has 1 aromatic rings. The Morgan fingerprint density at radius 2 is 1.88 bits per heavy atom. The Morgan fingerprint density at radius 1 is 1.25 bits per heavy atom. The number of carbonyl (C=O) groups is 2. The maximum absolute atomic E-state index is 12.9. The Balaban J connectivity index is 2.88. The minimum atomic E-state index is -1.05. The highest BCUT2D eigenvalue weighted by atomic mass is 19.2. The summed E-state index contributed by atoms with van der Waals surface area (Å²) in [4.78, 5) is 22.5. The lowest BCUT2D eigenvalue weighted by Gasteiger charge is -2.08. The minimum Gasteiger partial charge on any atom is -0.300 e. The van der Waals surface area contributed by atoms with E-state index in [0.29, 0.717) is 0 Å². The second kappa shape index (κ2) is 4.96. The summed E-state index contributed by atoms with van der Waals surface area (Å²) in [6, 6.07) is 2.98. The van der Waals surface area contributed by atoms with Gasteiger partial charge in [0.05, 0.1) is 0 Å². The molecule has 0 bridgehead atoms. The van der Waals surface area contributed by atoms with Crippen molar-refractivity contribution in [2.75, 3.05) is 0 Å². The lowest BCUT2D eigenvalue weighted by atomic mass is 9.95. The van der Waals surface area contributed by atoms with Crippen molar-refractivity contribution in [3.05, 3.63) is 35.4 Å². The molecule has 0 radical (unpaired) electrons. The Labute approximate surface area is 92.3 Å². The molecule has 0 N–H and O–H groups in total. The van der Waals surface area contributed by atoms with E-state index >= 15 is 0 Å². The summed E-state index contributed by atoms with van der Waals surface area (Å²) in [7, 11) is 0. The molecule has 0 fully saturated rings. The van der Waals surface area contributed by atoms with Crippen LogP contribution in [-0.2, 0) is 4.79 Å². The highest BCUT2D eigenvalue weighted by Gasteiger charge is 2.18. The van der Waals surface area contributed by atoms with Gasteiger partial charge >= 0.3 is 0 Å². The Bertz CT molecular complexity index is 427. The van der Waals surface area contributed by atoms with Gasteiger partial charge in [0.1, 0.15) is 5.78 Å². The normalized spacial score (nSPS) is 12.2. The van der Waals surface area contributed by atoms with E-state index in [2.05, 4.69) is 0 Å². The number of rotatable bonds is 4. The van der Waals surface area contributed by atoms with Gasteiger partial charge in [0, 0.05) is 17.9 Å². The summed E-state index contributed by atoms with van der Waals surface area (Å²) in [6.45, 7) is 2.97. The lowest BCUT2D eigenvalue weighted by Crippen LogP contribution is -2.14. The van der Waals surface area contributed by atoms with E-state index in [0.717, 1.165) is 12.1 Å². The fourth-order valence-corrected chi connectivity index (χ4v) is 1.46. The maximum Gasteiger partial charge on any atom is 0.166 e. The van der Waals surface area contributed by atoms with Crippen LogP contribution in [0.4, 0.5) is 8.78 Å². The van der Waals surface area contributed by atoms with Crippen molar-refractivity contribution in [1.82, 2.24) is 0 Å². The number of hydrogen-bond donors (Lipinski definition) is 0. The van der Waals surface area contributed by atoms with Gasteiger partial charge in [-0.1, -0.05) is 6.92 Å². The van der Waals surface area contributed by atoms with Crippen LogP contribution in [0.1, 0.15) is 30.6 Å². The van der Waals surface area contributed by atoms with Crippen molar-refractivity contribution in [1.29, 1.82) is 0 Å². The summed E-state index contributed by atoms with van der Waals surface area (Å²) in [5.74, 6) is -3.02. The fraction of sp³-hybridized carbons (Fsp3) is 0.333. The molecule has 0 aliphatic rings. The first-order chi connectivity index (χ1) is 7.41. The highest BCUT2D eigenvalue weighted by Crippen LogP contribution is 2.15. The van der Waals surface area contributed by atoms with Crippen LogP contribution in [0.3, 0.4) is 0 Å². The van der Waals surface area contributed by atoms with E-state index in [4.69, 9.17) is 0 Å². The van der Waals surface area contributed by atoms with E-state index in [9.17, 15) is 18.4 Å². The third-order valence-electron chi connectivity index (χ3n) is 2.25. The summed E-state index contributed by atoms with van der Waals surface area (Å²) in [6.07, 6.45) is 0.109. The van der Waals surface area contributed by atoms with E-state index in [1.54, 1.807) is 6.92 Å². The van der Waals surface area contributed by atoms with Gasteiger partial charge in [-0.3, -0.25) is 4.79 Å². The largest absolute Gasteiger partial charge is 0.300 e. The van der Waals surface area contributed by atoms with Crippen LogP contribution in [-0.4, -0.2) is 11.6 Å². The van der Waals surface area contributed by atoms with Crippen molar-refractivity contribution >= 4 is 11.6 Å². The second-order valence-electron chi connectivity index (χ2n) is 3.80. The second-order valence-corrected chi connectivity index (χ2v) is 3.80. The topological polar surface area (TPSA) is 34.1 Å². The van der Waals surface area contributed by atoms with Crippen molar-refractivity contribution in [3.63, 3.8) is 0 Å². The Kier molecular flexibility index (Phi) is 3.88. The summed E-state index contributed by atoms with van der Waals surface area (Å²) < 4.78 is 25.5. The molecule has 1 aromatic carbocycles. The summed E-state index contributed by atoms with van der Waals surface area (Å²) >= 11 is 0. The Morgan fingerprint density at radius 3 is 2.38 bits per heavy atom. The molecule has 4 heteroatoms. The number of carbonyl (C=O) groups excluding carboxylic acids is 2. The molecule has 0 spiro atoms. The van der Waals surface area contributed by atoms with Gasteiger partial charge in [-0.2, -0.15) is 0 Å². The predicted molar refractivity (Wildman–Crippen MR) is 55.2 cm³/mol. The van der Waals surface area contributed by atoms with Crippen molar-refractivity contribution in [3.8, 4) is 0 Å². The Hall–Kier alpha value is -1.58. The zero-order chi connectivity index (χ0) is 12.3. The van der Waals surface area contributed by atoms with Gasteiger partial charge in [0.15, 0.2) is 17.4 Å². The monoisotopic (exact) mass is 226 g/mol. The van der Waals surface area contributed by atoms with Crippen LogP contribution >= 0.6 is 0 Å². The molecular formula is C12H12F2O2. The third kappa shape index (κ3) is 2.95. The standard InChI is InChI=1S/C12H12F2O2/c1-7(5-8(2)15)12(16)9-3-4-10(13)11(14)6-9/h3-4,6-7H,5H2,1-2H3. The fourth-order valence-electron chi connectivity index (χ4n) is 1.46. The molecule has 0 saturated carbocycles. The van der Waals surface area contributed by atoms with Crippen LogP contribution in [0, 0.1) is 17.6 Å². The smallest absolute Gasteiger partial charge is 0.166 e. The molecule has 0 aliphatic carbocycles. The molecule has 16 heavy (non-hydrogen) atoms. The molecule has 0 aliphatic heterocycles. The van der Waals surface area contributed by atoms with Crippen molar-refractivity contribution in [2.24, 2.45) is 5.92 Å². The first-order valence-corrected chi connectivity index (χ1v) is 4.90. The van der Waals surface area contributed by atoms with Crippen LogP contribution in [0.15, 0.2) is 18.2 Å². The average molecular weight is 226 g/mol. The summed E-state index contributed by atoms with van der Waals surface area (Å²) in [5.41, 5.74) is 0.0904.